The molecular formula is C12H13BrF3N3O3. The molecule has 0 bridgehead atoms. The molecule has 10 heteroatoms. The van der Waals surface area contributed by atoms with Gasteiger partial charge in [0.25, 0.3) is 5.69 Å². The highest BCUT2D eigenvalue weighted by atomic mass is 79.9. The molecule has 0 radical (unpaired) electrons. The second kappa shape index (κ2) is 6.39. The van der Waals surface area contributed by atoms with Crippen molar-refractivity contribution >= 4 is 21.6 Å². The molecule has 1 heterocycles. The molecule has 1 aliphatic rings. The summed E-state index contributed by atoms with van der Waals surface area (Å²) in [5, 5.41) is 23.8. The first kappa shape index (κ1) is 17.0. The van der Waals surface area contributed by atoms with Crippen LogP contribution in [0.3, 0.4) is 0 Å². The van der Waals surface area contributed by atoms with Crippen LogP contribution < -0.4 is 5.32 Å². The van der Waals surface area contributed by atoms with Crippen LogP contribution in [0.1, 0.15) is 11.6 Å². The van der Waals surface area contributed by atoms with Crippen LogP contribution in [-0.4, -0.2) is 47.3 Å². The summed E-state index contributed by atoms with van der Waals surface area (Å²) in [6.07, 6.45) is -4.66. The average molecular weight is 384 g/mol. The molecule has 2 N–H and O–H groups in total. The van der Waals surface area contributed by atoms with E-state index in [2.05, 4.69) is 21.2 Å². The van der Waals surface area contributed by atoms with Crippen molar-refractivity contribution in [1.82, 2.24) is 10.2 Å². The minimum absolute atomic E-state index is 0.129. The van der Waals surface area contributed by atoms with Gasteiger partial charge in [0.1, 0.15) is 11.8 Å². The van der Waals surface area contributed by atoms with Gasteiger partial charge in [-0.15, -0.1) is 0 Å². The summed E-state index contributed by atoms with van der Waals surface area (Å²) in [4.78, 5) is 11.2. The van der Waals surface area contributed by atoms with Gasteiger partial charge in [-0.05, 0) is 15.9 Å². The fourth-order valence-corrected chi connectivity index (χ4v) is 2.90. The summed E-state index contributed by atoms with van der Waals surface area (Å²) in [5.41, 5.74) is -1.03. The molecule has 1 aromatic carbocycles. The molecular weight excluding hydrogens is 371 g/mol. The van der Waals surface area contributed by atoms with E-state index in [1.54, 1.807) is 0 Å². The summed E-state index contributed by atoms with van der Waals surface area (Å²) in [5.74, 6) is -0.633. The number of nitro groups is 1. The van der Waals surface area contributed by atoms with E-state index in [9.17, 15) is 28.4 Å². The van der Waals surface area contributed by atoms with Gasteiger partial charge in [0, 0.05) is 43.9 Å². The second-order valence-corrected chi connectivity index (χ2v) is 5.71. The molecule has 1 saturated heterocycles. The highest BCUT2D eigenvalue weighted by molar-refractivity contribution is 9.10. The van der Waals surface area contributed by atoms with Crippen molar-refractivity contribution < 1.29 is 23.2 Å². The van der Waals surface area contributed by atoms with E-state index in [1.165, 1.54) is 0 Å². The Kier molecular flexibility index (Phi) is 4.93. The van der Waals surface area contributed by atoms with Gasteiger partial charge >= 0.3 is 6.18 Å². The quantitative estimate of drug-likeness (QED) is 0.619. The number of alkyl halides is 3. The second-order valence-electron chi connectivity index (χ2n) is 4.85. The van der Waals surface area contributed by atoms with Crippen LogP contribution in [0.5, 0.6) is 5.75 Å². The standard InChI is InChI=1S/C12H13BrF3N3O3/c13-9-6-7(19(21)22)5-8(10(9)20)11(12(14,15)16)18-3-1-17-2-4-18/h5-6,11,17,20H,1-4H2/t11-/m1/s1. The zero-order chi connectivity index (χ0) is 16.5. The lowest BCUT2D eigenvalue weighted by molar-refractivity contribution is -0.385. The maximum absolute atomic E-state index is 13.5. The monoisotopic (exact) mass is 383 g/mol. The predicted octanol–water partition coefficient (Wildman–Crippen LogP) is 2.57. The van der Waals surface area contributed by atoms with Gasteiger partial charge in [0.2, 0.25) is 0 Å². The van der Waals surface area contributed by atoms with Crippen molar-refractivity contribution in [3.63, 3.8) is 0 Å². The van der Waals surface area contributed by atoms with Crippen LogP contribution in [0.15, 0.2) is 16.6 Å². The van der Waals surface area contributed by atoms with Crippen LogP contribution >= 0.6 is 15.9 Å². The first-order chi connectivity index (χ1) is 10.2. The first-order valence-electron chi connectivity index (χ1n) is 6.40. The van der Waals surface area contributed by atoms with E-state index in [4.69, 9.17) is 0 Å². The maximum atomic E-state index is 13.5. The summed E-state index contributed by atoms with van der Waals surface area (Å²) in [6.45, 7) is 1.01. The summed E-state index contributed by atoms with van der Waals surface area (Å²) < 4.78 is 40.3. The van der Waals surface area contributed by atoms with Gasteiger partial charge in [-0.1, -0.05) is 0 Å². The molecule has 1 fully saturated rings. The van der Waals surface area contributed by atoms with Crippen molar-refractivity contribution in [1.29, 1.82) is 0 Å². The molecule has 6 nitrogen and oxygen atoms in total. The van der Waals surface area contributed by atoms with E-state index in [1.807, 2.05) is 0 Å². The third-order valence-corrected chi connectivity index (χ3v) is 4.01. The van der Waals surface area contributed by atoms with Crippen molar-refractivity contribution in [2.45, 2.75) is 12.2 Å². The molecule has 0 aliphatic carbocycles. The van der Waals surface area contributed by atoms with E-state index >= 15 is 0 Å². The molecule has 2 rings (SSSR count). The van der Waals surface area contributed by atoms with Crippen LogP contribution in [0, 0.1) is 10.1 Å². The van der Waals surface area contributed by atoms with Gasteiger partial charge in [0.15, 0.2) is 0 Å². The molecule has 0 spiro atoms. The van der Waals surface area contributed by atoms with Crippen LogP contribution in [-0.2, 0) is 0 Å². The maximum Gasteiger partial charge on any atom is 0.408 e. The fraction of sp³-hybridized carbons (Fsp3) is 0.500. The van der Waals surface area contributed by atoms with E-state index in [0.29, 0.717) is 13.1 Å². The zero-order valence-corrected chi connectivity index (χ0v) is 12.8. The Labute approximate surface area is 132 Å². The number of halogens is 4. The Bertz CT molecular complexity index is 577. The lowest BCUT2D eigenvalue weighted by Crippen LogP contribution is -2.49. The number of phenolic OH excluding ortho intramolecular Hbond substituents is 1. The Morgan fingerprint density at radius 2 is 1.95 bits per heavy atom. The van der Waals surface area contributed by atoms with Crippen molar-refractivity contribution in [2.75, 3.05) is 26.2 Å². The minimum Gasteiger partial charge on any atom is -0.506 e. The molecule has 0 amide bonds. The van der Waals surface area contributed by atoms with Crippen LogP contribution in [0.2, 0.25) is 0 Å². The first-order valence-corrected chi connectivity index (χ1v) is 7.19. The van der Waals surface area contributed by atoms with Crippen molar-refractivity contribution in [3.8, 4) is 5.75 Å². The number of aromatic hydroxyl groups is 1. The summed E-state index contributed by atoms with van der Waals surface area (Å²) >= 11 is 2.87. The predicted molar refractivity (Wildman–Crippen MR) is 75.7 cm³/mol. The number of non-ortho nitro benzene ring substituents is 1. The number of piperazine rings is 1. The molecule has 1 aliphatic heterocycles. The third-order valence-electron chi connectivity index (χ3n) is 3.41. The van der Waals surface area contributed by atoms with Gasteiger partial charge < -0.3 is 10.4 Å². The Hall–Kier alpha value is -1.39. The summed E-state index contributed by atoms with van der Waals surface area (Å²) in [6, 6.07) is -0.338. The number of rotatable bonds is 3. The largest absolute Gasteiger partial charge is 0.506 e. The number of nitrogens with zero attached hydrogens (tertiary/aromatic N) is 2. The highest BCUT2D eigenvalue weighted by Gasteiger charge is 2.47. The smallest absolute Gasteiger partial charge is 0.408 e. The number of benzene rings is 1. The van der Waals surface area contributed by atoms with Gasteiger partial charge in [-0.3, -0.25) is 15.0 Å². The number of phenols is 1. The van der Waals surface area contributed by atoms with E-state index in [-0.39, 0.29) is 17.6 Å². The van der Waals surface area contributed by atoms with Gasteiger partial charge in [-0.2, -0.15) is 13.2 Å². The average Bonchev–Trinajstić information content (AvgIpc) is 2.43. The van der Waals surface area contributed by atoms with Crippen LogP contribution in [0.25, 0.3) is 0 Å². The van der Waals surface area contributed by atoms with Crippen molar-refractivity contribution in [2.24, 2.45) is 0 Å². The Balaban J connectivity index is 2.53. The molecule has 1 aromatic rings. The molecule has 122 valence electrons. The topological polar surface area (TPSA) is 78.6 Å². The van der Waals surface area contributed by atoms with E-state index < -0.39 is 34.1 Å². The number of hydrogen-bond acceptors (Lipinski definition) is 5. The molecule has 0 unspecified atom stereocenters. The lowest BCUT2D eigenvalue weighted by atomic mass is 10.0. The number of nitro benzene ring substituents is 1. The van der Waals surface area contributed by atoms with Crippen LogP contribution in [0.4, 0.5) is 18.9 Å². The minimum atomic E-state index is -4.66. The normalized spacial score (nSPS) is 18.2. The third kappa shape index (κ3) is 3.50. The highest BCUT2D eigenvalue weighted by Crippen LogP contribution is 2.45. The Morgan fingerprint density at radius 1 is 1.36 bits per heavy atom. The zero-order valence-electron chi connectivity index (χ0n) is 11.2. The SMILES string of the molecule is O=[N+]([O-])c1cc(Br)c(O)c([C@@H](N2CCNCC2)C(F)(F)F)c1. The number of nitrogens with one attached hydrogen (secondary N) is 1. The van der Waals surface area contributed by atoms with Gasteiger partial charge in [-0.25, -0.2) is 0 Å². The lowest BCUT2D eigenvalue weighted by Gasteiger charge is -2.36. The van der Waals surface area contributed by atoms with Crippen molar-refractivity contribution in [3.05, 3.63) is 32.3 Å². The molecule has 0 saturated carbocycles. The van der Waals surface area contributed by atoms with E-state index in [0.717, 1.165) is 17.0 Å². The summed E-state index contributed by atoms with van der Waals surface area (Å²) in [7, 11) is 0. The molecule has 0 aromatic heterocycles. The fourth-order valence-electron chi connectivity index (χ4n) is 2.44. The Morgan fingerprint density at radius 3 is 2.45 bits per heavy atom. The molecule has 1 atom stereocenters. The molecule has 22 heavy (non-hydrogen) atoms. The number of hydrogen-bond donors (Lipinski definition) is 2. The van der Waals surface area contributed by atoms with Gasteiger partial charge in [0.05, 0.1) is 9.40 Å².